The molecule has 9 heteroatoms. The molecule has 0 bridgehead atoms. The van der Waals surface area contributed by atoms with E-state index in [1.165, 1.54) is 17.4 Å². The van der Waals surface area contributed by atoms with Crippen LogP contribution in [0.5, 0.6) is 0 Å². The fraction of sp³-hybridized carbons (Fsp3) is 0.167. The van der Waals surface area contributed by atoms with Crippen molar-refractivity contribution in [1.29, 1.82) is 0 Å². The molecule has 21 heavy (non-hydrogen) atoms. The average Bonchev–Trinajstić information content (AvgIpc) is 2.85. The predicted octanol–water partition coefficient (Wildman–Crippen LogP) is 2.58. The number of carbonyl (C=O) groups excluding carboxylic acids is 1. The van der Waals surface area contributed by atoms with E-state index < -0.39 is 23.4 Å². The molecule has 0 saturated carbocycles. The second-order valence-corrected chi connectivity index (χ2v) is 5.00. The van der Waals surface area contributed by atoms with Crippen molar-refractivity contribution in [3.05, 3.63) is 34.6 Å². The van der Waals surface area contributed by atoms with Gasteiger partial charge in [0.2, 0.25) is 5.13 Å². The van der Waals surface area contributed by atoms with Gasteiger partial charge in [-0.15, -0.1) is 10.2 Å². The largest absolute Gasteiger partial charge is 0.478 e. The molecule has 3 N–H and O–H groups in total. The number of anilines is 2. The SMILES string of the molecule is CCc1nnc(NC(=O)Nc2ccc(C(=O)O)c(F)c2)s1. The molecular weight excluding hydrogens is 299 g/mol. The van der Waals surface area contributed by atoms with Gasteiger partial charge in [0.05, 0.1) is 5.56 Å². The van der Waals surface area contributed by atoms with Crippen molar-refractivity contribution in [2.75, 3.05) is 10.6 Å². The maximum atomic E-state index is 13.5. The minimum atomic E-state index is -1.37. The molecule has 0 saturated heterocycles. The first-order valence-corrected chi connectivity index (χ1v) is 6.74. The number of urea groups is 1. The molecule has 110 valence electrons. The Morgan fingerprint density at radius 1 is 1.33 bits per heavy atom. The number of nitrogens with one attached hydrogen (secondary N) is 2. The highest BCUT2D eigenvalue weighted by Gasteiger charge is 2.12. The summed E-state index contributed by atoms with van der Waals surface area (Å²) in [5.41, 5.74) is -0.326. The molecule has 0 aliphatic heterocycles. The fourth-order valence-electron chi connectivity index (χ4n) is 1.47. The Hall–Kier alpha value is -2.55. The second kappa shape index (κ2) is 6.27. The third-order valence-electron chi connectivity index (χ3n) is 2.45. The Morgan fingerprint density at radius 2 is 2.10 bits per heavy atom. The van der Waals surface area contributed by atoms with Gasteiger partial charge in [-0.25, -0.2) is 14.0 Å². The number of hydrogen-bond acceptors (Lipinski definition) is 5. The first-order chi connectivity index (χ1) is 9.99. The summed E-state index contributed by atoms with van der Waals surface area (Å²) in [5, 5.41) is 22.3. The zero-order chi connectivity index (χ0) is 15.4. The van der Waals surface area contributed by atoms with E-state index in [9.17, 15) is 14.0 Å². The number of hydrogen-bond donors (Lipinski definition) is 3. The lowest BCUT2D eigenvalue weighted by molar-refractivity contribution is 0.0692. The smallest absolute Gasteiger partial charge is 0.338 e. The molecule has 0 aliphatic rings. The van der Waals surface area contributed by atoms with Gasteiger partial charge >= 0.3 is 12.0 Å². The number of carboxylic acids is 1. The lowest BCUT2D eigenvalue weighted by Gasteiger charge is -2.06. The molecule has 2 rings (SSSR count). The molecule has 1 aromatic carbocycles. The summed E-state index contributed by atoms with van der Waals surface area (Å²) in [6.45, 7) is 1.91. The van der Waals surface area contributed by atoms with Crippen molar-refractivity contribution >= 4 is 34.2 Å². The van der Waals surface area contributed by atoms with Crippen molar-refractivity contribution in [2.45, 2.75) is 13.3 Å². The van der Waals surface area contributed by atoms with Crippen LogP contribution in [0.2, 0.25) is 0 Å². The lowest BCUT2D eigenvalue weighted by atomic mass is 10.2. The van der Waals surface area contributed by atoms with Gasteiger partial charge in [-0.1, -0.05) is 18.3 Å². The molecule has 0 fully saturated rings. The molecule has 7 nitrogen and oxygen atoms in total. The van der Waals surface area contributed by atoms with Crippen LogP contribution in [0, 0.1) is 5.82 Å². The molecule has 1 heterocycles. The number of rotatable bonds is 4. The summed E-state index contributed by atoms with van der Waals surface area (Å²) in [6.07, 6.45) is 0.711. The third kappa shape index (κ3) is 3.72. The van der Waals surface area contributed by atoms with Crippen LogP contribution in [0.25, 0.3) is 0 Å². The zero-order valence-electron chi connectivity index (χ0n) is 10.9. The van der Waals surface area contributed by atoms with Gasteiger partial charge in [-0.3, -0.25) is 5.32 Å². The number of amides is 2. The summed E-state index contributed by atoms with van der Waals surface area (Å²) in [5.74, 6) is -2.30. The molecule has 0 aliphatic carbocycles. The van der Waals surface area contributed by atoms with Crippen LogP contribution in [0.4, 0.5) is 20.0 Å². The van der Waals surface area contributed by atoms with Crippen LogP contribution in [0.1, 0.15) is 22.3 Å². The highest BCUT2D eigenvalue weighted by atomic mass is 32.1. The van der Waals surface area contributed by atoms with Crippen LogP contribution in [0.15, 0.2) is 18.2 Å². The summed E-state index contributed by atoms with van der Waals surface area (Å²) in [6, 6.07) is 2.69. The maximum Gasteiger partial charge on any atom is 0.338 e. The summed E-state index contributed by atoms with van der Waals surface area (Å²) < 4.78 is 13.5. The molecule has 0 unspecified atom stereocenters. The van der Waals surface area contributed by atoms with Crippen LogP contribution in [-0.4, -0.2) is 27.3 Å². The zero-order valence-corrected chi connectivity index (χ0v) is 11.7. The van der Waals surface area contributed by atoms with Gasteiger partial charge < -0.3 is 10.4 Å². The first kappa shape index (κ1) is 14.9. The van der Waals surface area contributed by atoms with E-state index in [1.54, 1.807) is 0 Å². The third-order valence-corrected chi connectivity index (χ3v) is 3.43. The quantitative estimate of drug-likeness (QED) is 0.805. The van der Waals surface area contributed by atoms with Gasteiger partial charge in [0.1, 0.15) is 10.8 Å². The summed E-state index contributed by atoms with van der Waals surface area (Å²) in [4.78, 5) is 22.4. The summed E-state index contributed by atoms with van der Waals surface area (Å²) >= 11 is 1.24. The second-order valence-electron chi connectivity index (χ2n) is 3.93. The summed E-state index contributed by atoms with van der Waals surface area (Å²) in [7, 11) is 0. The van der Waals surface area contributed by atoms with Gasteiger partial charge in [0, 0.05) is 5.69 Å². The van der Waals surface area contributed by atoms with Crippen LogP contribution in [0.3, 0.4) is 0 Å². The fourth-order valence-corrected chi connectivity index (χ4v) is 2.15. The predicted molar refractivity (Wildman–Crippen MR) is 75.3 cm³/mol. The molecule has 2 amide bonds. The number of carbonyl (C=O) groups is 2. The molecule has 1 aromatic heterocycles. The van der Waals surface area contributed by atoms with Gasteiger partial charge in [-0.2, -0.15) is 0 Å². The Balaban J connectivity index is 2.02. The van der Waals surface area contributed by atoms with Crippen molar-refractivity contribution in [2.24, 2.45) is 0 Å². The molecule has 2 aromatic rings. The maximum absolute atomic E-state index is 13.5. The standard InChI is InChI=1S/C12H11FN4O3S/c1-2-9-16-17-12(21-9)15-11(20)14-6-3-4-7(10(18)19)8(13)5-6/h3-5H,2H2,1H3,(H,18,19)(H2,14,15,17,20). The van der Waals surface area contributed by atoms with Crippen LogP contribution < -0.4 is 10.6 Å². The number of aromatic nitrogens is 2. The Bertz CT molecular complexity index is 689. The number of aryl methyl sites for hydroxylation is 1. The van der Waals surface area contributed by atoms with E-state index in [-0.39, 0.29) is 5.69 Å². The first-order valence-electron chi connectivity index (χ1n) is 5.92. The Kier molecular flexibility index (Phi) is 4.43. The van der Waals surface area contributed by atoms with Crippen LogP contribution in [-0.2, 0) is 6.42 Å². The monoisotopic (exact) mass is 310 g/mol. The molecule has 0 atom stereocenters. The van der Waals surface area contributed by atoms with E-state index in [1.807, 2.05) is 6.92 Å². The molecular formula is C12H11FN4O3S. The van der Waals surface area contributed by atoms with Crippen molar-refractivity contribution < 1.29 is 19.1 Å². The number of nitrogens with zero attached hydrogens (tertiary/aromatic N) is 2. The van der Waals surface area contributed by atoms with Gasteiger partial charge in [0.15, 0.2) is 0 Å². The lowest BCUT2D eigenvalue weighted by Crippen LogP contribution is -2.19. The minimum absolute atomic E-state index is 0.134. The Morgan fingerprint density at radius 3 is 2.67 bits per heavy atom. The average molecular weight is 310 g/mol. The highest BCUT2D eigenvalue weighted by Crippen LogP contribution is 2.17. The van der Waals surface area contributed by atoms with Crippen molar-refractivity contribution in [3.63, 3.8) is 0 Å². The molecule has 0 radical (unpaired) electrons. The number of carboxylic acid groups (broad SMARTS) is 1. The topological polar surface area (TPSA) is 104 Å². The highest BCUT2D eigenvalue weighted by molar-refractivity contribution is 7.15. The number of halogens is 1. The normalized spacial score (nSPS) is 10.2. The number of benzene rings is 1. The van der Waals surface area contributed by atoms with Gasteiger partial charge in [0.25, 0.3) is 0 Å². The van der Waals surface area contributed by atoms with E-state index in [2.05, 4.69) is 20.8 Å². The Labute approximate surface area is 122 Å². The van der Waals surface area contributed by atoms with Crippen molar-refractivity contribution in [3.8, 4) is 0 Å². The van der Waals surface area contributed by atoms with E-state index >= 15 is 0 Å². The van der Waals surface area contributed by atoms with Gasteiger partial charge in [-0.05, 0) is 24.6 Å². The van der Waals surface area contributed by atoms with E-state index in [0.29, 0.717) is 11.6 Å². The minimum Gasteiger partial charge on any atom is -0.478 e. The molecule has 0 spiro atoms. The van der Waals surface area contributed by atoms with E-state index in [4.69, 9.17) is 5.11 Å². The van der Waals surface area contributed by atoms with Crippen molar-refractivity contribution in [1.82, 2.24) is 10.2 Å². The van der Waals surface area contributed by atoms with Crippen LogP contribution >= 0.6 is 11.3 Å². The van der Waals surface area contributed by atoms with E-state index in [0.717, 1.165) is 17.1 Å². The number of aromatic carboxylic acids is 1.